The van der Waals surface area contributed by atoms with Gasteiger partial charge in [-0.15, -0.1) is 0 Å². The summed E-state index contributed by atoms with van der Waals surface area (Å²) in [6, 6.07) is 7.23. The number of imide groups is 1. The van der Waals surface area contributed by atoms with E-state index in [1.165, 1.54) is 9.58 Å². The molecule has 11 heteroatoms. The van der Waals surface area contributed by atoms with Gasteiger partial charge in [-0.3, -0.25) is 34.1 Å². The van der Waals surface area contributed by atoms with Crippen LogP contribution in [0, 0.1) is 6.92 Å². The lowest BCUT2D eigenvalue weighted by atomic mass is 9.92. The van der Waals surface area contributed by atoms with E-state index in [0.29, 0.717) is 11.4 Å². The zero-order valence-corrected chi connectivity index (χ0v) is 21.7. The molecular formula is C26H34N6O5. The lowest BCUT2D eigenvalue weighted by Gasteiger charge is -2.39. The third-order valence-electron chi connectivity index (χ3n) is 7.60. The molecule has 0 spiro atoms. The molecule has 1 aliphatic heterocycles. The van der Waals surface area contributed by atoms with Crippen LogP contribution in [-0.2, 0) is 21.4 Å². The first-order chi connectivity index (χ1) is 17.6. The van der Waals surface area contributed by atoms with Gasteiger partial charge in [0.25, 0.3) is 11.5 Å². The molecule has 0 bridgehead atoms. The van der Waals surface area contributed by atoms with E-state index in [1.807, 2.05) is 6.07 Å². The van der Waals surface area contributed by atoms with Crippen LogP contribution in [0.5, 0.6) is 0 Å². The lowest BCUT2D eigenvalue weighted by molar-refractivity contribution is -0.131. The summed E-state index contributed by atoms with van der Waals surface area (Å²) >= 11 is 0. The molecule has 198 valence electrons. The van der Waals surface area contributed by atoms with Gasteiger partial charge in [0, 0.05) is 13.1 Å². The Labute approximate surface area is 215 Å². The van der Waals surface area contributed by atoms with Crippen molar-refractivity contribution in [1.82, 2.24) is 25.3 Å². The summed E-state index contributed by atoms with van der Waals surface area (Å²) in [5.41, 5.74) is -0.735. The molecule has 2 aromatic rings. The maximum atomic E-state index is 13.9. The van der Waals surface area contributed by atoms with Crippen molar-refractivity contribution in [2.75, 3.05) is 4.90 Å². The first-order valence-corrected chi connectivity index (χ1v) is 12.7. The van der Waals surface area contributed by atoms with Crippen LogP contribution in [0.25, 0.3) is 5.69 Å². The number of para-hydroxylation sites is 1. The number of rotatable bonds is 8. The largest absolute Gasteiger partial charge is 0.351 e. The zero-order valence-electron chi connectivity index (χ0n) is 21.7. The first-order valence-electron chi connectivity index (χ1n) is 12.7. The first kappa shape index (κ1) is 26.2. The second-order valence-electron chi connectivity index (χ2n) is 9.94. The molecule has 1 aromatic heterocycles. The fourth-order valence-corrected chi connectivity index (χ4v) is 5.16. The molecule has 1 aromatic carbocycles. The maximum absolute atomic E-state index is 13.9. The van der Waals surface area contributed by atoms with Gasteiger partial charge in [-0.2, -0.15) is 0 Å². The third-order valence-corrected chi connectivity index (χ3v) is 7.60. The lowest BCUT2D eigenvalue weighted by Crippen LogP contribution is -2.62. The summed E-state index contributed by atoms with van der Waals surface area (Å²) in [7, 11) is 1.71. The Balaban J connectivity index is 1.82. The Hall–Kier alpha value is -3.89. The molecule has 2 fully saturated rings. The summed E-state index contributed by atoms with van der Waals surface area (Å²) in [5, 5.41) is 7.64. The quantitative estimate of drug-likeness (QED) is 0.464. The van der Waals surface area contributed by atoms with E-state index >= 15 is 0 Å². The van der Waals surface area contributed by atoms with E-state index in [1.54, 1.807) is 56.8 Å². The number of urea groups is 1. The minimum atomic E-state index is -1.42. The molecule has 1 aliphatic carbocycles. The predicted molar refractivity (Wildman–Crippen MR) is 137 cm³/mol. The molecule has 2 aliphatic rings. The third kappa shape index (κ3) is 4.77. The summed E-state index contributed by atoms with van der Waals surface area (Å²) in [5.74, 6) is -1.60. The van der Waals surface area contributed by atoms with Crippen LogP contribution in [0.4, 0.5) is 10.5 Å². The molecule has 3 N–H and O–H groups in total. The molecule has 11 nitrogen and oxygen atoms in total. The number of benzene rings is 1. The molecule has 0 unspecified atom stereocenters. The number of hydrogen-bond acceptors (Lipinski definition) is 5. The fourth-order valence-electron chi connectivity index (χ4n) is 5.16. The minimum absolute atomic E-state index is 0.00747. The number of amides is 5. The van der Waals surface area contributed by atoms with Crippen LogP contribution in [0.15, 0.2) is 35.1 Å². The zero-order chi connectivity index (χ0) is 26.9. The van der Waals surface area contributed by atoms with Crippen molar-refractivity contribution in [3.05, 3.63) is 46.4 Å². The number of carbonyl (C=O) groups excluding carboxylic acids is 4. The Morgan fingerprint density at radius 3 is 2.35 bits per heavy atom. The molecule has 4 rings (SSSR count). The van der Waals surface area contributed by atoms with Crippen molar-refractivity contribution in [3.8, 4) is 5.69 Å². The predicted octanol–water partition coefficient (Wildman–Crippen LogP) is 1.64. The van der Waals surface area contributed by atoms with Gasteiger partial charge in [0.05, 0.1) is 17.8 Å². The summed E-state index contributed by atoms with van der Waals surface area (Å²) in [6.07, 6.45) is 3.58. The summed E-state index contributed by atoms with van der Waals surface area (Å²) in [4.78, 5) is 66.7. The van der Waals surface area contributed by atoms with Crippen LogP contribution in [0.2, 0.25) is 0 Å². The Kier molecular flexibility index (Phi) is 7.24. The normalized spacial score (nSPS) is 19.3. The topological polar surface area (TPSA) is 135 Å². The van der Waals surface area contributed by atoms with Gasteiger partial charge < -0.3 is 10.6 Å². The van der Waals surface area contributed by atoms with E-state index in [0.717, 1.165) is 25.7 Å². The maximum Gasteiger partial charge on any atom is 0.322 e. The van der Waals surface area contributed by atoms with E-state index in [2.05, 4.69) is 16.0 Å². The van der Waals surface area contributed by atoms with Gasteiger partial charge in [-0.25, -0.2) is 9.48 Å². The van der Waals surface area contributed by atoms with E-state index in [9.17, 15) is 24.0 Å². The Bertz CT molecular complexity index is 1280. The van der Waals surface area contributed by atoms with Gasteiger partial charge >= 0.3 is 6.03 Å². The number of hydrogen-bond donors (Lipinski definition) is 3. The van der Waals surface area contributed by atoms with Crippen LogP contribution in [-0.4, -0.2) is 50.7 Å². The van der Waals surface area contributed by atoms with Gasteiger partial charge in [0.2, 0.25) is 11.8 Å². The van der Waals surface area contributed by atoms with Crippen LogP contribution < -0.4 is 26.4 Å². The molecule has 0 radical (unpaired) electrons. The Morgan fingerprint density at radius 1 is 1.14 bits per heavy atom. The average Bonchev–Trinajstić information content (AvgIpc) is 3.55. The SMILES string of the molecule is CC[C@](C)(C(=O)NC1CCCC1)N(C(=O)C[C@@H]1NC(=O)NC1=O)c1c(C)n(C)n(-c2ccccc2)c1=O. The van der Waals surface area contributed by atoms with Crippen LogP contribution in [0.1, 0.15) is 58.1 Å². The number of carbonyl (C=O) groups is 4. The van der Waals surface area contributed by atoms with Crippen molar-refractivity contribution in [3.63, 3.8) is 0 Å². The highest BCUT2D eigenvalue weighted by Gasteiger charge is 2.46. The second kappa shape index (κ2) is 10.2. The van der Waals surface area contributed by atoms with E-state index < -0.39 is 41.4 Å². The molecule has 2 heterocycles. The van der Waals surface area contributed by atoms with Crippen LogP contribution in [0.3, 0.4) is 0 Å². The number of aromatic nitrogens is 2. The number of nitrogens with one attached hydrogen (secondary N) is 3. The smallest absolute Gasteiger partial charge is 0.322 e. The van der Waals surface area contributed by atoms with Crippen molar-refractivity contribution >= 4 is 29.4 Å². The highest BCUT2D eigenvalue weighted by atomic mass is 16.2. The molecule has 2 atom stereocenters. The van der Waals surface area contributed by atoms with Crippen molar-refractivity contribution in [1.29, 1.82) is 0 Å². The highest BCUT2D eigenvalue weighted by molar-refractivity contribution is 6.09. The van der Waals surface area contributed by atoms with E-state index in [-0.39, 0.29) is 24.1 Å². The Morgan fingerprint density at radius 2 is 1.78 bits per heavy atom. The molecule has 1 saturated heterocycles. The highest BCUT2D eigenvalue weighted by Crippen LogP contribution is 2.31. The number of anilines is 1. The fraction of sp³-hybridized carbons (Fsp3) is 0.500. The summed E-state index contributed by atoms with van der Waals surface area (Å²) in [6.45, 7) is 5.14. The van der Waals surface area contributed by atoms with Crippen molar-refractivity contribution in [2.24, 2.45) is 7.05 Å². The van der Waals surface area contributed by atoms with Gasteiger partial charge in [0.1, 0.15) is 17.3 Å². The van der Waals surface area contributed by atoms with Gasteiger partial charge in [0.15, 0.2) is 0 Å². The molecular weight excluding hydrogens is 476 g/mol. The van der Waals surface area contributed by atoms with Crippen molar-refractivity contribution < 1.29 is 19.2 Å². The van der Waals surface area contributed by atoms with Gasteiger partial charge in [-0.1, -0.05) is 38.0 Å². The molecule has 37 heavy (non-hydrogen) atoms. The van der Waals surface area contributed by atoms with Crippen LogP contribution >= 0.6 is 0 Å². The monoisotopic (exact) mass is 510 g/mol. The number of nitrogens with zero attached hydrogens (tertiary/aromatic N) is 3. The molecule has 5 amide bonds. The standard InChI is InChI=1S/C26H34N6O5/c1-5-26(3,24(36)27-17-11-9-10-12-17)31(20(33)15-19-22(34)29-25(37)28-19)21-16(2)30(4)32(23(21)35)18-13-7-6-8-14-18/h6-8,13-14,17,19H,5,9-12,15H2,1-4H3,(H,27,36)(H2,28,29,34,37)/t19-,26+/m0/s1. The van der Waals surface area contributed by atoms with Crippen molar-refractivity contribution in [2.45, 2.75) is 76.9 Å². The summed E-state index contributed by atoms with van der Waals surface area (Å²) < 4.78 is 3.09. The minimum Gasteiger partial charge on any atom is -0.351 e. The molecule has 1 saturated carbocycles. The average molecular weight is 511 g/mol. The van der Waals surface area contributed by atoms with Gasteiger partial charge in [-0.05, 0) is 45.2 Å². The van der Waals surface area contributed by atoms with E-state index in [4.69, 9.17) is 0 Å². The second-order valence-corrected chi connectivity index (χ2v) is 9.94.